The van der Waals surface area contributed by atoms with Crippen LogP contribution in [0.25, 0.3) is 0 Å². The molecule has 4 N–H and O–H groups in total. The summed E-state index contributed by atoms with van der Waals surface area (Å²) in [6.07, 6.45) is 2.46. The zero-order chi connectivity index (χ0) is 15.7. The van der Waals surface area contributed by atoms with E-state index < -0.39 is 6.04 Å². The molecule has 2 amide bonds. The number of amides is 2. The number of nitrogens with two attached hydrogens (primary N) is 1. The fourth-order valence-corrected chi connectivity index (χ4v) is 1.92. The van der Waals surface area contributed by atoms with E-state index in [2.05, 4.69) is 10.6 Å². The van der Waals surface area contributed by atoms with Gasteiger partial charge in [0.1, 0.15) is 0 Å². The molecular formula is C15H23Cl2N3O2. The minimum absolute atomic E-state index is 0. The molecule has 0 saturated heterocycles. The molecule has 0 aliphatic heterocycles. The van der Waals surface area contributed by atoms with Crippen LogP contribution in [0.1, 0.15) is 32.6 Å². The number of nitrogens with one attached hydrogen (secondary N) is 2. The van der Waals surface area contributed by atoms with E-state index in [9.17, 15) is 9.59 Å². The molecule has 0 aromatic heterocycles. The highest BCUT2D eigenvalue weighted by Gasteiger charge is 2.11. The van der Waals surface area contributed by atoms with Crippen molar-refractivity contribution >= 4 is 41.5 Å². The number of carbonyl (C=O) groups is 2. The summed E-state index contributed by atoms with van der Waals surface area (Å²) in [5, 5.41) is 6.12. The summed E-state index contributed by atoms with van der Waals surface area (Å²) in [7, 11) is 0. The van der Waals surface area contributed by atoms with Crippen molar-refractivity contribution in [1.29, 1.82) is 0 Å². The standard InChI is InChI=1S/C15H22ClN3O2.ClH/c1-2-4-13(17)15(21)18-10-3-5-14(20)19-12-8-6-11(16)7-9-12;/h6-9,13H,2-5,10,17H2,1H3,(H,18,21)(H,19,20);1H. The Morgan fingerprint density at radius 2 is 1.91 bits per heavy atom. The van der Waals surface area contributed by atoms with Gasteiger partial charge < -0.3 is 16.4 Å². The van der Waals surface area contributed by atoms with Crippen LogP contribution >= 0.6 is 24.0 Å². The lowest BCUT2D eigenvalue weighted by atomic mass is 10.1. The number of halogens is 2. The lowest BCUT2D eigenvalue weighted by Gasteiger charge is -2.11. The number of carbonyl (C=O) groups excluding carboxylic acids is 2. The summed E-state index contributed by atoms with van der Waals surface area (Å²) < 4.78 is 0. The molecule has 1 atom stereocenters. The average Bonchev–Trinajstić information content (AvgIpc) is 2.46. The van der Waals surface area contributed by atoms with E-state index in [0.717, 1.165) is 6.42 Å². The van der Waals surface area contributed by atoms with E-state index in [-0.39, 0.29) is 24.2 Å². The molecule has 0 spiro atoms. The van der Waals surface area contributed by atoms with E-state index in [1.807, 2.05) is 6.92 Å². The number of benzene rings is 1. The zero-order valence-electron chi connectivity index (χ0n) is 12.6. The van der Waals surface area contributed by atoms with Gasteiger partial charge in [-0.15, -0.1) is 12.4 Å². The number of hydrogen-bond acceptors (Lipinski definition) is 3. The fraction of sp³-hybridized carbons (Fsp3) is 0.467. The van der Waals surface area contributed by atoms with Crippen molar-refractivity contribution in [3.8, 4) is 0 Å². The zero-order valence-corrected chi connectivity index (χ0v) is 14.2. The first-order chi connectivity index (χ1) is 10.0. The first-order valence-corrected chi connectivity index (χ1v) is 7.49. The van der Waals surface area contributed by atoms with Crippen LogP contribution in [0.15, 0.2) is 24.3 Å². The minimum Gasteiger partial charge on any atom is -0.355 e. The molecule has 0 saturated carbocycles. The van der Waals surface area contributed by atoms with Crippen molar-refractivity contribution in [2.75, 3.05) is 11.9 Å². The van der Waals surface area contributed by atoms with Gasteiger partial charge in [-0.2, -0.15) is 0 Å². The maximum absolute atomic E-state index is 11.7. The van der Waals surface area contributed by atoms with E-state index in [1.165, 1.54) is 0 Å². The first kappa shape index (κ1) is 20.7. The Labute approximate surface area is 142 Å². The molecule has 1 aromatic rings. The summed E-state index contributed by atoms with van der Waals surface area (Å²) in [4.78, 5) is 23.2. The molecule has 0 heterocycles. The third kappa shape index (κ3) is 8.22. The van der Waals surface area contributed by atoms with Gasteiger partial charge in [-0.05, 0) is 37.1 Å². The largest absolute Gasteiger partial charge is 0.355 e. The van der Waals surface area contributed by atoms with Gasteiger partial charge >= 0.3 is 0 Å². The topological polar surface area (TPSA) is 84.2 Å². The van der Waals surface area contributed by atoms with Gasteiger partial charge in [0, 0.05) is 23.7 Å². The quantitative estimate of drug-likeness (QED) is 0.632. The molecule has 0 bridgehead atoms. The van der Waals surface area contributed by atoms with Gasteiger partial charge in [0.15, 0.2) is 0 Å². The van der Waals surface area contributed by atoms with E-state index in [4.69, 9.17) is 17.3 Å². The van der Waals surface area contributed by atoms with Crippen molar-refractivity contribution in [2.24, 2.45) is 5.73 Å². The van der Waals surface area contributed by atoms with Gasteiger partial charge in [-0.3, -0.25) is 9.59 Å². The van der Waals surface area contributed by atoms with Crippen molar-refractivity contribution in [3.63, 3.8) is 0 Å². The van der Waals surface area contributed by atoms with Gasteiger partial charge in [-0.25, -0.2) is 0 Å². The van der Waals surface area contributed by atoms with Crippen LogP contribution in [0, 0.1) is 0 Å². The van der Waals surface area contributed by atoms with E-state index >= 15 is 0 Å². The minimum atomic E-state index is -0.460. The normalized spacial score (nSPS) is 11.2. The van der Waals surface area contributed by atoms with Crippen LogP contribution < -0.4 is 16.4 Å². The highest BCUT2D eigenvalue weighted by molar-refractivity contribution is 6.30. The molecule has 0 radical (unpaired) electrons. The van der Waals surface area contributed by atoms with Crippen LogP contribution in [0.5, 0.6) is 0 Å². The van der Waals surface area contributed by atoms with Crippen LogP contribution in [-0.2, 0) is 9.59 Å². The SMILES string of the molecule is CCCC(N)C(=O)NCCCC(=O)Nc1ccc(Cl)cc1.Cl. The van der Waals surface area contributed by atoms with Gasteiger partial charge in [0.05, 0.1) is 6.04 Å². The summed E-state index contributed by atoms with van der Waals surface area (Å²) in [5.74, 6) is -0.251. The number of rotatable bonds is 8. The molecule has 7 heteroatoms. The second kappa shape index (κ2) is 11.3. The predicted molar refractivity (Wildman–Crippen MR) is 92.5 cm³/mol. The third-order valence-corrected chi connectivity index (χ3v) is 3.20. The fourth-order valence-electron chi connectivity index (χ4n) is 1.79. The highest BCUT2D eigenvalue weighted by Crippen LogP contribution is 2.13. The maximum atomic E-state index is 11.7. The summed E-state index contributed by atoms with van der Waals surface area (Å²) in [5.41, 5.74) is 6.39. The Kier molecular flexibility index (Phi) is 10.6. The number of anilines is 1. The van der Waals surface area contributed by atoms with Crippen LogP contribution in [0.4, 0.5) is 5.69 Å². The summed E-state index contributed by atoms with van der Waals surface area (Å²) >= 11 is 5.77. The van der Waals surface area contributed by atoms with Gasteiger partial charge in [0.2, 0.25) is 11.8 Å². The summed E-state index contributed by atoms with van der Waals surface area (Å²) in [6.45, 7) is 2.43. The Hall–Kier alpha value is -1.30. The Balaban J connectivity index is 0.00000441. The molecule has 0 aliphatic rings. The monoisotopic (exact) mass is 347 g/mol. The van der Waals surface area contributed by atoms with Gasteiger partial charge in [0.25, 0.3) is 0 Å². The molecular weight excluding hydrogens is 325 g/mol. The Morgan fingerprint density at radius 3 is 2.50 bits per heavy atom. The lowest BCUT2D eigenvalue weighted by Crippen LogP contribution is -2.40. The second-order valence-corrected chi connectivity index (χ2v) is 5.28. The van der Waals surface area contributed by atoms with E-state index in [0.29, 0.717) is 36.5 Å². The second-order valence-electron chi connectivity index (χ2n) is 4.84. The molecule has 22 heavy (non-hydrogen) atoms. The average molecular weight is 348 g/mol. The molecule has 5 nitrogen and oxygen atoms in total. The summed E-state index contributed by atoms with van der Waals surface area (Å²) in [6, 6.07) is 6.45. The third-order valence-electron chi connectivity index (χ3n) is 2.94. The molecule has 1 rings (SSSR count). The van der Waals surface area contributed by atoms with Crippen molar-refractivity contribution < 1.29 is 9.59 Å². The van der Waals surface area contributed by atoms with Crippen LogP contribution in [-0.4, -0.2) is 24.4 Å². The first-order valence-electron chi connectivity index (χ1n) is 7.11. The lowest BCUT2D eigenvalue weighted by molar-refractivity contribution is -0.122. The van der Waals surface area contributed by atoms with Crippen molar-refractivity contribution in [1.82, 2.24) is 5.32 Å². The molecule has 1 aromatic carbocycles. The molecule has 1 unspecified atom stereocenters. The molecule has 124 valence electrons. The highest BCUT2D eigenvalue weighted by atomic mass is 35.5. The number of hydrogen-bond donors (Lipinski definition) is 3. The smallest absolute Gasteiger partial charge is 0.236 e. The van der Waals surface area contributed by atoms with Crippen LogP contribution in [0.2, 0.25) is 5.02 Å². The van der Waals surface area contributed by atoms with Crippen molar-refractivity contribution in [3.05, 3.63) is 29.3 Å². The van der Waals surface area contributed by atoms with Crippen molar-refractivity contribution in [2.45, 2.75) is 38.6 Å². The van der Waals surface area contributed by atoms with Crippen LogP contribution in [0.3, 0.4) is 0 Å². The Morgan fingerprint density at radius 1 is 1.27 bits per heavy atom. The van der Waals surface area contributed by atoms with E-state index in [1.54, 1.807) is 24.3 Å². The molecule has 0 aliphatic carbocycles. The maximum Gasteiger partial charge on any atom is 0.236 e. The Bertz CT molecular complexity index is 466. The molecule has 0 fully saturated rings. The predicted octanol–water partition coefficient (Wildman–Crippen LogP) is 2.72. The van der Waals surface area contributed by atoms with Gasteiger partial charge in [-0.1, -0.05) is 24.9 Å².